The molecule has 1 spiro atoms. The molecule has 1 N–H and O–H groups in total. The number of fused-ring (bicyclic) bond motifs is 3. The Hall–Kier alpha value is -4.44. The lowest BCUT2D eigenvalue weighted by Crippen LogP contribution is -2.48. The van der Waals surface area contributed by atoms with E-state index in [-0.39, 0.29) is 39.7 Å². The predicted octanol–water partition coefficient (Wildman–Crippen LogP) is 6.05. The van der Waals surface area contributed by atoms with Gasteiger partial charge in [0.15, 0.2) is 15.7 Å². The highest BCUT2D eigenvalue weighted by Gasteiger charge is 2.49. The average Bonchev–Trinajstić information content (AvgIpc) is 3.59. The number of carbonyl (C=O) groups is 2. The molecule has 2 aromatic carbocycles. The fourth-order valence-electron chi connectivity index (χ4n) is 7.02. The molecule has 6 rings (SSSR count). The number of sulfone groups is 1. The number of ether oxygens (including phenoxy) is 1. The summed E-state index contributed by atoms with van der Waals surface area (Å²) in [7, 11) is -3.48. The summed E-state index contributed by atoms with van der Waals surface area (Å²) in [6, 6.07) is 8.44. The average molecular weight is 749 g/mol. The number of nitrogens with zero attached hydrogens (tertiary/aromatic N) is 5. The zero-order valence-electron chi connectivity index (χ0n) is 28.5. The van der Waals surface area contributed by atoms with Crippen LogP contribution in [0, 0.1) is 0 Å². The first-order valence-electron chi connectivity index (χ1n) is 16.2. The molecule has 1 fully saturated rings. The van der Waals surface area contributed by atoms with E-state index in [0.717, 1.165) is 29.0 Å². The molecule has 1 aliphatic carbocycles. The lowest BCUT2D eigenvalue weighted by Gasteiger charge is -2.40. The Morgan fingerprint density at radius 1 is 1.08 bits per heavy atom. The van der Waals surface area contributed by atoms with Gasteiger partial charge in [-0.1, -0.05) is 18.5 Å². The normalized spacial score (nSPS) is 17.5. The van der Waals surface area contributed by atoms with Crippen molar-refractivity contribution >= 4 is 44.9 Å². The van der Waals surface area contributed by atoms with E-state index in [9.17, 15) is 36.0 Å². The fraction of sp³-hybridized carbons (Fsp3) is 0.441. The van der Waals surface area contributed by atoms with Crippen LogP contribution in [-0.4, -0.2) is 69.4 Å². The maximum atomic E-state index is 14.4. The fourth-order valence-corrected chi connectivity index (χ4v) is 7.88. The Morgan fingerprint density at radius 2 is 1.73 bits per heavy atom. The maximum absolute atomic E-state index is 14.4. The molecule has 0 bridgehead atoms. The summed E-state index contributed by atoms with van der Waals surface area (Å²) in [5.74, 6) is -0.719. The summed E-state index contributed by atoms with van der Waals surface area (Å²) in [5.41, 5.74) is -1.32. The van der Waals surface area contributed by atoms with Gasteiger partial charge in [0.1, 0.15) is 12.1 Å². The number of halogens is 4. The molecule has 0 radical (unpaired) electrons. The van der Waals surface area contributed by atoms with Crippen LogP contribution in [0.25, 0.3) is 17.2 Å². The van der Waals surface area contributed by atoms with E-state index < -0.39 is 50.2 Å². The van der Waals surface area contributed by atoms with Gasteiger partial charge in [-0.15, -0.1) is 5.10 Å². The quantitative estimate of drug-likeness (QED) is 0.260. The van der Waals surface area contributed by atoms with Crippen LogP contribution in [0.5, 0.6) is 0 Å². The molecule has 1 aliphatic heterocycles. The Morgan fingerprint density at radius 3 is 2.29 bits per heavy atom. The van der Waals surface area contributed by atoms with Crippen LogP contribution < -0.4 is 10.9 Å². The van der Waals surface area contributed by atoms with Crippen LogP contribution in [0.2, 0.25) is 5.02 Å². The lowest BCUT2D eigenvalue weighted by molar-refractivity contribution is -0.137. The molecule has 12 nitrogen and oxygen atoms in total. The van der Waals surface area contributed by atoms with Gasteiger partial charge in [0.2, 0.25) is 11.7 Å². The number of amides is 2. The van der Waals surface area contributed by atoms with Crippen LogP contribution in [0.4, 0.5) is 23.7 Å². The van der Waals surface area contributed by atoms with E-state index >= 15 is 0 Å². The first kappa shape index (κ1) is 36.4. The topological polar surface area (TPSA) is 145 Å². The summed E-state index contributed by atoms with van der Waals surface area (Å²) >= 11 is 6.13. The van der Waals surface area contributed by atoms with E-state index in [1.807, 2.05) is 6.92 Å². The highest BCUT2D eigenvalue weighted by atomic mass is 35.5. The molecule has 51 heavy (non-hydrogen) atoms. The van der Waals surface area contributed by atoms with Gasteiger partial charge in [0.05, 0.1) is 21.2 Å². The Bertz CT molecular complexity index is 2220. The van der Waals surface area contributed by atoms with Crippen molar-refractivity contribution in [3.63, 3.8) is 0 Å². The van der Waals surface area contributed by atoms with Crippen molar-refractivity contribution in [1.82, 2.24) is 24.1 Å². The van der Waals surface area contributed by atoms with Crippen molar-refractivity contribution in [3.05, 3.63) is 74.7 Å². The number of rotatable bonds is 5. The number of hydrogen-bond donors (Lipinski definition) is 1. The molecule has 3 heterocycles. The van der Waals surface area contributed by atoms with Crippen molar-refractivity contribution in [2.24, 2.45) is 0 Å². The van der Waals surface area contributed by atoms with Crippen LogP contribution in [0.3, 0.4) is 0 Å². The highest BCUT2D eigenvalue weighted by molar-refractivity contribution is 7.90. The molecule has 2 aromatic heterocycles. The second-order valence-corrected chi connectivity index (χ2v) is 16.6. The van der Waals surface area contributed by atoms with Gasteiger partial charge < -0.3 is 19.5 Å². The third kappa shape index (κ3) is 7.07. The van der Waals surface area contributed by atoms with Gasteiger partial charge in [-0.3, -0.25) is 9.59 Å². The predicted molar refractivity (Wildman–Crippen MR) is 183 cm³/mol. The van der Waals surface area contributed by atoms with Crippen LogP contribution in [0.15, 0.2) is 52.2 Å². The van der Waals surface area contributed by atoms with Gasteiger partial charge >= 0.3 is 12.3 Å². The molecular formula is C34H36ClF3N6O6S. The van der Waals surface area contributed by atoms with Gasteiger partial charge in [-0.05, 0) is 88.4 Å². The van der Waals surface area contributed by atoms with Gasteiger partial charge in [0.25, 0.3) is 5.56 Å². The third-order valence-corrected chi connectivity index (χ3v) is 10.7. The van der Waals surface area contributed by atoms with Crippen molar-refractivity contribution in [2.75, 3.05) is 24.7 Å². The molecule has 0 saturated carbocycles. The summed E-state index contributed by atoms with van der Waals surface area (Å²) in [4.78, 5) is 47.2. The van der Waals surface area contributed by atoms with Crippen molar-refractivity contribution in [2.45, 2.75) is 81.5 Å². The molecule has 272 valence electrons. The first-order valence-corrected chi connectivity index (χ1v) is 18.4. The van der Waals surface area contributed by atoms with Crippen molar-refractivity contribution in [3.8, 4) is 11.4 Å². The van der Waals surface area contributed by atoms with Crippen LogP contribution in [-0.2, 0) is 37.5 Å². The molecule has 1 atom stereocenters. The number of carbonyl (C=O) groups excluding carboxylic acids is 2. The standard InChI is InChI=1S/C34H36ClF3N6O6S/c1-19-17-33(12-14-42(15-13-33)31(47)50-32(2,3)4)26-27(19)43(18-25(45)39-24-11-8-21(16-23(24)35)34(36,37)38)30-40-28(41-44(30)29(26)46)20-6-9-22(10-7-20)51(5,48)49/h6-11,16,19H,12-15,17-18H2,1-5H3,(H,39,45)/t19-/m1/s1. The van der Waals surface area contributed by atoms with E-state index in [4.69, 9.17) is 16.3 Å². The molecule has 17 heteroatoms. The minimum Gasteiger partial charge on any atom is -0.444 e. The number of anilines is 1. The Balaban J connectivity index is 1.42. The summed E-state index contributed by atoms with van der Waals surface area (Å²) < 4.78 is 72.0. The second-order valence-electron chi connectivity index (χ2n) is 14.2. The maximum Gasteiger partial charge on any atom is 0.416 e. The minimum atomic E-state index is -4.63. The molecule has 4 aromatic rings. The molecule has 0 unspecified atom stereocenters. The molecule has 2 amide bonds. The molecule has 2 aliphatic rings. The van der Waals surface area contributed by atoms with E-state index in [1.54, 1.807) is 30.2 Å². The van der Waals surface area contributed by atoms with E-state index in [1.165, 1.54) is 24.3 Å². The number of piperidine rings is 1. The third-order valence-electron chi connectivity index (χ3n) is 9.26. The largest absolute Gasteiger partial charge is 0.444 e. The van der Waals surface area contributed by atoms with Crippen LogP contribution in [0.1, 0.15) is 69.7 Å². The SMILES string of the molecule is C[C@@H]1CC2(CCN(C(=O)OC(C)(C)C)CC2)c2c1n(CC(=O)Nc1ccc(C(F)(F)F)cc1Cl)c1nc(-c3ccc(S(C)(=O)=O)cc3)nn1c2=O. The number of alkyl halides is 3. The first-order chi connectivity index (χ1) is 23.7. The summed E-state index contributed by atoms with van der Waals surface area (Å²) in [6.07, 6.45) is -2.54. The number of aromatic nitrogens is 4. The molecule has 1 saturated heterocycles. The summed E-state index contributed by atoms with van der Waals surface area (Å²) in [6.45, 7) is 7.57. The van der Waals surface area contributed by atoms with E-state index in [2.05, 4.69) is 15.4 Å². The Labute approximate surface area is 296 Å². The Kier molecular flexibility index (Phi) is 9.02. The lowest BCUT2D eigenvalue weighted by atomic mass is 9.74. The van der Waals surface area contributed by atoms with Gasteiger partial charge in [-0.2, -0.15) is 22.7 Å². The van der Waals surface area contributed by atoms with Crippen molar-refractivity contribution in [1.29, 1.82) is 0 Å². The number of benzene rings is 2. The van der Waals surface area contributed by atoms with Crippen LogP contribution >= 0.6 is 11.6 Å². The monoisotopic (exact) mass is 748 g/mol. The number of nitrogens with one attached hydrogen (secondary N) is 1. The zero-order chi connectivity index (χ0) is 37.3. The van der Waals surface area contributed by atoms with E-state index in [0.29, 0.717) is 49.2 Å². The minimum absolute atomic E-state index is 0.0319. The number of likely N-dealkylation sites (tertiary alicyclic amines) is 1. The van der Waals surface area contributed by atoms with Crippen molar-refractivity contribution < 1.29 is 35.9 Å². The molecular weight excluding hydrogens is 713 g/mol. The number of hydrogen-bond acceptors (Lipinski definition) is 8. The van der Waals surface area contributed by atoms with Gasteiger partial charge in [0, 0.05) is 41.6 Å². The highest BCUT2D eigenvalue weighted by Crippen LogP contribution is 2.50. The smallest absolute Gasteiger partial charge is 0.416 e. The van der Waals surface area contributed by atoms with Gasteiger partial charge in [-0.25, -0.2) is 13.2 Å². The zero-order valence-corrected chi connectivity index (χ0v) is 30.0. The summed E-state index contributed by atoms with van der Waals surface area (Å²) in [5, 5.41) is 6.79. The second kappa shape index (κ2) is 12.7.